The molecule has 0 atom stereocenters. The Morgan fingerprint density at radius 3 is 1.51 bits per heavy atom. The maximum atomic E-state index is 5.38. The molecule has 2 heteroatoms. The molecule has 3 aromatic carbocycles. The fourth-order valence-corrected chi connectivity index (χ4v) is 4.63. The van der Waals surface area contributed by atoms with Gasteiger partial charge in [0.15, 0.2) is 0 Å². The lowest BCUT2D eigenvalue weighted by Gasteiger charge is -2.32. The van der Waals surface area contributed by atoms with Crippen molar-refractivity contribution in [2.45, 2.75) is 85.5 Å². The quantitative estimate of drug-likeness (QED) is 0.265. The maximum absolute atomic E-state index is 5.38. The van der Waals surface area contributed by atoms with Crippen molar-refractivity contribution in [3.05, 3.63) is 99.9 Å². The molecule has 0 bridgehead atoms. The molecule has 0 aliphatic heterocycles. The topological polar surface area (TPSA) is 26.5 Å². The van der Waals surface area contributed by atoms with E-state index in [1.807, 2.05) is 0 Å². The predicted octanol–water partition coefficient (Wildman–Crippen LogP) is 10.2. The van der Waals surface area contributed by atoms with Crippen LogP contribution >= 0.6 is 0 Å². The van der Waals surface area contributed by atoms with E-state index in [4.69, 9.17) is 10.3 Å². The highest BCUT2D eigenvalue weighted by molar-refractivity contribution is 5.94. The summed E-state index contributed by atoms with van der Waals surface area (Å²) < 4.78 is 0. The smallest absolute Gasteiger partial charge is 0.0697 e. The molecular weight excluding hydrogens is 424 g/mol. The first-order valence-corrected chi connectivity index (χ1v) is 13.2. The molecule has 0 amide bonds. The molecule has 0 radical (unpaired) electrons. The third kappa shape index (κ3) is 6.84. The van der Waals surface area contributed by atoms with Crippen LogP contribution < -0.4 is 0 Å². The number of aliphatic imine (C=N–C) groups is 1. The maximum Gasteiger partial charge on any atom is 0.0697 e. The van der Waals surface area contributed by atoms with Gasteiger partial charge >= 0.3 is 0 Å². The largest absolute Gasteiger partial charge is 0.679 e. The van der Waals surface area contributed by atoms with Gasteiger partial charge in [0.1, 0.15) is 0 Å². The molecule has 186 valence electrons. The Morgan fingerprint density at radius 1 is 0.600 bits per heavy atom. The Kier molecular flexibility index (Phi) is 9.32. The van der Waals surface area contributed by atoms with Crippen LogP contribution in [0.3, 0.4) is 0 Å². The predicted molar refractivity (Wildman–Crippen MR) is 154 cm³/mol. The standard InChI is InChI=1S/C33H43N2/c1-22(2)28-16-12-17-29(23(3)4)32(28)34-21-27(20-26-14-10-9-11-15-26)35-33-30(24(5)6)18-13-19-31(33)25(7)8/h9-19,22-25H,20-21H2,1-8H3/q-1. The first-order valence-electron chi connectivity index (χ1n) is 13.2. The molecule has 3 aromatic rings. The van der Waals surface area contributed by atoms with Crippen LogP contribution in [0.25, 0.3) is 5.32 Å². The second-order valence-corrected chi connectivity index (χ2v) is 10.8. The Labute approximate surface area is 213 Å². The molecule has 0 fully saturated rings. The normalized spacial score (nSPS) is 12.3. The summed E-state index contributed by atoms with van der Waals surface area (Å²) in [5.41, 5.74) is 9.94. The molecule has 0 saturated heterocycles. The molecule has 3 rings (SSSR count). The van der Waals surface area contributed by atoms with E-state index in [0.29, 0.717) is 30.2 Å². The van der Waals surface area contributed by atoms with E-state index in [2.05, 4.69) is 122 Å². The summed E-state index contributed by atoms with van der Waals surface area (Å²) in [6.07, 6.45) is 0.801. The van der Waals surface area contributed by atoms with Crippen LogP contribution in [0.5, 0.6) is 0 Å². The van der Waals surface area contributed by atoms with Gasteiger partial charge < -0.3 is 5.32 Å². The number of hydrogen-bond acceptors (Lipinski definition) is 1. The Balaban J connectivity index is 2.08. The molecule has 0 aliphatic carbocycles. The number of rotatable bonds is 10. The van der Waals surface area contributed by atoms with Crippen LogP contribution in [0.15, 0.2) is 71.7 Å². The van der Waals surface area contributed by atoms with Gasteiger partial charge in [-0.15, -0.1) is 5.69 Å². The Hall–Kier alpha value is -2.87. The van der Waals surface area contributed by atoms with E-state index in [1.165, 1.54) is 27.8 Å². The first-order chi connectivity index (χ1) is 16.7. The van der Waals surface area contributed by atoms with E-state index >= 15 is 0 Å². The molecule has 0 unspecified atom stereocenters. The van der Waals surface area contributed by atoms with Crippen molar-refractivity contribution >= 4 is 17.1 Å². The van der Waals surface area contributed by atoms with Crippen molar-refractivity contribution in [3.63, 3.8) is 0 Å². The third-order valence-corrected chi connectivity index (χ3v) is 6.63. The average molecular weight is 468 g/mol. The minimum absolute atomic E-state index is 0.413. The van der Waals surface area contributed by atoms with Gasteiger partial charge in [0, 0.05) is 12.1 Å². The van der Waals surface area contributed by atoms with Crippen molar-refractivity contribution in [2.24, 2.45) is 4.99 Å². The third-order valence-electron chi connectivity index (χ3n) is 6.63. The molecular formula is C33H43N2-. The minimum atomic E-state index is 0.413. The minimum Gasteiger partial charge on any atom is -0.679 e. The van der Waals surface area contributed by atoms with E-state index in [1.54, 1.807) is 0 Å². The summed E-state index contributed by atoms with van der Waals surface area (Å²) in [6.45, 7) is 18.7. The van der Waals surface area contributed by atoms with E-state index in [0.717, 1.165) is 23.5 Å². The number of hydrogen-bond donors (Lipinski definition) is 0. The summed E-state index contributed by atoms with van der Waals surface area (Å²) >= 11 is 0. The molecule has 0 spiro atoms. The monoisotopic (exact) mass is 467 g/mol. The van der Waals surface area contributed by atoms with Crippen LogP contribution in [0, 0.1) is 0 Å². The average Bonchev–Trinajstić information content (AvgIpc) is 2.82. The highest BCUT2D eigenvalue weighted by atomic mass is 14.9. The Bertz CT molecular complexity index is 1070. The van der Waals surface area contributed by atoms with Crippen LogP contribution in [0.2, 0.25) is 0 Å². The molecule has 35 heavy (non-hydrogen) atoms. The second-order valence-electron chi connectivity index (χ2n) is 10.8. The van der Waals surface area contributed by atoms with Crippen LogP contribution in [0.4, 0.5) is 11.4 Å². The van der Waals surface area contributed by atoms with Crippen molar-refractivity contribution in [1.29, 1.82) is 0 Å². The van der Waals surface area contributed by atoms with Gasteiger partial charge in [0.2, 0.25) is 0 Å². The van der Waals surface area contributed by atoms with Gasteiger partial charge in [-0.25, -0.2) is 0 Å². The Morgan fingerprint density at radius 2 is 1.06 bits per heavy atom. The zero-order valence-electron chi connectivity index (χ0n) is 23.0. The molecule has 0 aromatic heterocycles. The summed E-state index contributed by atoms with van der Waals surface area (Å²) in [7, 11) is 0. The molecule has 0 N–H and O–H groups in total. The van der Waals surface area contributed by atoms with Crippen molar-refractivity contribution in [1.82, 2.24) is 0 Å². The first kappa shape index (κ1) is 26.7. The van der Waals surface area contributed by atoms with Gasteiger partial charge in [-0.1, -0.05) is 140 Å². The fraction of sp³-hybridized carbons (Fsp3) is 0.424. The second kappa shape index (κ2) is 12.2. The highest BCUT2D eigenvalue weighted by Gasteiger charge is 2.14. The fourth-order valence-electron chi connectivity index (χ4n) is 4.63. The summed E-state index contributed by atoms with van der Waals surface area (Å²) in [5, 5.41) is 5.26. The van der Waals surface area contributed by atoms with Crippen molar-refractivity contribution < 1.29 is 0 Å². The lowest BCUT2D eigenvalue weighted by Crippen LogP contribution is -2.10. The molecule has 0 saturated carbocycles. The summed E-state index contributed by atoms with van der Waals surface area (Å²) in [4.78, 5) is 5.38. The number of benzene rings is 3. The van der Waals surface area contributed by atoms with Crippen molar-refractivity contribution in [3.8, 4) is 0 Å². The van der Waals surface area contributed by atoms with E-state index < -0.39 is 0 Å². The zero-order valence-corrected chi connectivity index (χ0v) is 23.0. The van der Waals surface area contributed by atoms with Gasteiger partial charge in [0.05, 0.1) is 5.69 Å². The number of nitrogens with zero attached hydrogens (tertiary/aromatic N) is 2. The van der Waals surface area contributed by atoms with Crippen LogP contribution in [-0.4, -0.2) is 12.3 Å². The summed E-state index contributed by atoms with van der Waals surface area (Å²) in [5.74, 6) is 1.68. The highest BCUT2D eigenvalue weighted by Crippen LogP contribution is 2.39. The summed E-state index contributed by atoms with van der Waals surface area (Å²) in [6, 6.07) is 24.0. The SMILES string of the molecule is CC(C)c1cccc(C(C)C)c1N=C(C[N-]c1c(C(C)C)cccc1C(C)C)Cc1ccccc1. The number of para-hydroxylation sites is 2. The van der Waals surface area contributed by atoms with E-state index in [9.17, 15) is 0 Å². The zero-order chi connectivity index (χ0) is 25.5. The molecule has 0 heterocycles. The van der Waals surface area contributed by atoms with E-state index in [-0.39, 0.29) is 0 Å². The van der Waals surface area contributed by atoms with Gasteiger partial charge in [-0.05, 0) is 40.4 Å². The van der Waals surface area contributed by atoms with Gasteiger partial charge in [-0.2, -0.15) is 0 Å². The van der Waals surface area contributed by atoms with Gasteiger partial charge in [0.25, 0.3) is 0 Å². The lowest BCUT2D eigenvalue weighted by atomic mass is 9.92. The van der Waals surface area contributed by atoms with Crippen LogP contribution in [-0.2, 0) is 6.42 Å². The lowest BCUT2D eigenvalue weighted by molar-refractivity contribution is 0.834. The molecule has 2 nitrogen and oxygen atoms in total. The molecule has 0 aliphatic rings. The van der Waals surface area contributed by atoms with Gasteiger partial charge in [-0.3, -0.25) is 4.99 Å². The van der Waals surface area contributed by atoms with Crippen LogP contribution in [0.1, 0.15) is 107 Å². The van der Waals surface area contributed by atoms with Crippen molar-refractivity contribution in [2.75, 3.05) is 6.54 Å².